The van der Waals surface area contributed by atoms with Gasteiger partial charge in [-0.2, -0.15) is 0 Å². The maximum Gasteiger partial charge on any atom is 0.0883 e. The van der Waals surface area contributed by atoms with Gasteiger partial charge in [0.25, 0.3) is 0 Å². The molecule has 3 aromatic heterocycles. The zero-order chi connectivity index (χ0) is 37.5. The number of anilines is 6. The van der Waals surface area contributed by atoms with Crippen LogP contribution in [0.5, 0.6) is 0 Å². The summed E-state index contributed by atoms with van der Waals surface area (Å²) in [6.07, 6.45) is 0. The lowest BCUT2D eigenvalue weighted by Gasteiger charge is -2.34. The summed E-state index contributed by atoms with van der Waals surface area (Å²) >= 11 is 5.63. The zero-order valence-electron chi connectivity index (χ0n) is 30.6. The summed E-state index contributed by atoms with van der Waals surface area (Å²) < 4.78 is 7.70. The van der Waals surface area contributed by atoms with E-state index in [2.05, 4.69) is 204 Å². The third-order valence-electron chi connectivity index (χ3n) is 11.2. The number of thiophene rings is 3. The van der Waals surface area contributed by atoms with Crippen LogP contribution in [0.3, 0.4) is 0 Å². The van der Waals surface area contributed by atoms with Crippen LogP contribution in [0.4, 0.5) is 34.1 Å². The molecule has 0 atom stereocenters. The molecule has 0 saturated heterocycles. The Morgan fingerprint density at radius 3 is 1.61 bits per heavy atom. The van der Waals surface area contributed by atoms with Crippen molar-refractivity contribution in [1.82, 2.24) is 0 Å². The van der Waals surface area contributed by atoms with E-state index in [4.69, 9.17) is 0 Å². The maximum atomic E-state index is 2.51. The number of fused-ring (bicyclic) bond motifs is 10. The van der Waals surface area contributed by atoms with E-state index in [-0.39, 0.29) is 0 Å². The van der Waals surface area contributed by atoms with Gasteiger partial charge in [0.15, 0.2) is 0 Å². The molecule has 0 fully saturated rings. The van der Waals surface area contributed by atoms with Crippen LogP contribution >= 0.6 is 34.0 Å². The second-order valence-corrected chi connectivity index (χ2v) is 17.7. The first-order chi connectivity index (χ1) is 28.3. The van der Waals surface area contributed by atoms with Crippen molar-refractivity contribution >= 4 is 139 Å². The van der Waals surface area contributed by atoms with Gasteiger partial charge >= 0.3 is 0 Å². The summed E-state index contributed by atoms with van der Waals surface area (Å²) in [4.78, 5) is 5.02. The maximum absolute atomic E-state index is 2.51. The Morgan fingerprint density at radius 1 is 0.281 bits per heavy atom. The highest BCUT2D eigenvalue weighted by Gasteiger charge is 2.28. The fourth-order valence-electron chi connectivity index (χ4n) is 8.63. The topological polar surface area (TPSA) is 6.48 Å². The van der Waals surface area contributed by atoms with Crippen molar-refractivity contribution in [2.45, 2.75) is 0 Å². The number of para-hydroxylation sites is 2. The predicted octanol–water partition coefficient (Wildman–Crippen LogP) is 16.9. The number of benzene rings is 9. The molecule has 2 nitrogen and oxygen atoms in total. The molecule has 0 aliphatic carbocycles. The van der Waals surface area contributed by atoms with Crippen LogP contribution < -0.4 is 9.80 Å². The molecule has 12 aromatic rings. The molecule has 0 aliphatic rings. The van der Waals surface area contributed by atoms with Gasteiger partial charge in [-0.1, -0.05) is 115 Å². The van der Waals surface area contributed by atoms with Crippen molar-refractivity contribution in [3.05, 3.63) is 194 Å². The van der Waals surface area contributed by atoms with E-state index in [1.807, 2.05) is 34.0 Å². The Hall–Kier alpha value is -6.50. The molecule has 0 aliphatic heterocycles. The average Bonchev–Trinajstić information content (AvgIpc) is 3.96. The molecule has 268 valence electrons. The molecular formula is C52H32N2S3. The van der Waals surface area contributed by atoms with E-state index in [1.54, 1.807) is 0 Å². The number of nitrogens with zero attached hydrogens (tertiary/aromatic N) is 2. The van der Waals surface area contributed by atoms with Crippen LogP contribution in [-0.4, -0.2) is 0 Å². The van der Waals surface area contributed by atoms with Crippen LogP contribution in [0, 0.1) is 0 Å². The lowest BCUT2D eigenvalue weighted by atomic mass is 10.0. The lowest BCUT2D eigenvalue weighted by molar-refractivity contribution is 1.25. The van der Waals surface area contributed by atoms with Crippen LogP contribution in [-0.2, 0) is 0 Å². The van der Waals surface area contributed by atoms with Crippen LogP contribution in [0.1, 0.15) is 0 Å². The molecule has 0 bridgehead atoms. The molecule has 0 saturated carbocycles. The van der Waals surface area contributed by atoms with Crippen LogP contribution in [0.2, 0.25) is 0 Å². The minimum atomic E-state index is 1.11. The summed E-state index contributed by atoms with van der Waals surface area (Å²) in [6, 6.07) is 71.5. The van der Waals surface area contributed by atoms with E-state index in [9.17, 15) is 0 Å². The standard InChI is InChI=1S/C52H32N2S3/c1-3-16-35(17-4-1)53(37-26-29-48-43(32-37)39-21-10-11-24-46(39)55-48)50-44(28-27-41-42-30-33-14-7-8-15-34(33)31-49(42)57-52(41)50)54(36-18-5-2-6-19-36)45-23-13-22-40-38-20-9-12-25-47(38)56-51(40)45/h1-32H. The van der Waals surface area contributed by atoms with E-state index in [0.717, 1.165) is 28.4 Å². The fourth-order valence-corrected chi connectivity index (χ4v) is 12.2. The first kappa shape index (κ1) is 32.7. The van der Waals surface area contributed by atoms with Gasteiger partial charge in [-0.05, 0) is 89.6 Å². The van der Waals surface area contributed by atoms with E-state index < -0.39 is 0 Å². The van der Waals surface area contributed by atoms with Crippen molar-refractivity contribution in [3.8, 4) is 0 Å². The van der Waals surface area contributed by atoms with Crippen molar-refractivity contribution in [1.29, 1.82) is 0 Å². The van der Waals surface area contributed by atoms with Gasteiger partial charge < -0.3 is 9.80 Å². The van der Waals surface area contributed by atoms with Crippen molar-refractivity contribution in [3.63, 3.8) is 0 Å². The van der Waals surface area contributed by atoms with Gasteiger partial charge in [0.05, 0.1) is 26.5 Å². The van der Waals surface area contributed by atoms with Crippen LogP contribution in [0.15, 0.2) is 194 Å². The Kier molecular flexibility index (Phi) is 7.48. The van der Waals surface area contributed by atoms with Crippen molar-refractivity contribution < 1.29 is 0 Å². The molecular weight excluding hydrogens is 749 g/mol. The van der Waals surface area contributed by atoms with Gasteiger partial charge in [-0.25, -0.2) is 0 Å². The summed E-state index contributed by atoms with van der Waals surface area (Å²) in [5.74, 6) is 0. The Morgan fingerprint density at radius 2 is 0.842 bits per heavy atom. The van der Waals surface area contributed by atoms with Gasteiger partial charge in [0.2, 0.25) is 0 Å². The number of hydrogen-bond donors (Lipinski definition) is 0. The summed E-state index contributed by atoms with van der Waals surface area (Å²) in [7, 11) is 0. The highest BCUT2D eigenvalue weighted by Crippen LogP contribution is 2.54. The summed E-state index contributed by atoms with van der Waals surface area (Å²) in [5.41, 5.74) is 6.79. The fraction of sp³-hybridized carbons (Fsp3) is 0. The largest absolute Gasteiger partial charge is 0.307 e. The molecule has 0 unspecified atom stereocenters. The van der Waals surface area contributed by atoms with E-state index >= 15 is 0 Å². The minimum Gasteiger partial charge on any atom is -0.307 e. The summed E-state index contributed by atoms with van der Waals surface area (Å²) in [5, 5.41) is 10.2. The molecule has 0 spiro atoms. The molecule has 12 rings (SSSR count). The Balaban J connectivity index is 1.23. The van der Waals surface area contributed by atoms with Gasteiger partial charge in [0.1, 0.15) is 0 Å². The molecule has 5 heteroatoms. The second kappa shape index (κ2) is 13.0. The quantitative estimate of drug-likeness (QED) is 0.166. The first-order valence-corrected chi connectivity index (χ1v) is 21.6. The van der Waals surface area contributed by atoms with Gasteiger partial charge in [-0.15, -0.1) is 34.0 Å². The normalized spacial score (nSPS) is 11.9. The highest BCUT2D eigenvalue weighted by molar-refractivity contribution is 7.27. The molecule has 3 heterocycles. The zero-order valence-corrected chi connectivity index (χ0v) is 33.0. The van der Waals surface area contributed by atoms with Crippen molar-refractivity contribution in [2.75, 3.05) is 9.80 Å². The van der Waals surface area contributed by atoms with Crippen molar-refractivity contribution in [2.24, 2.45) is 0 Å². The molecule has 57 heavy (non-hydrogen) atoms. The molecule has 0 amide bonds. The van der Waals surface area contributed by atoms with E-state index in [1.165, 1.54) is 77.0 Å². The SMILES string of the molecule is c1ccc(N(c2ccc3c(sc4cc5ccccc5cc43)c2N(c2ccccc2)c2ccc3sc4ccccc4c3c2)c2cccc3c2sc2ccccc23)cc1. The third kappa shape index (κ3) is 5.20. The monoisotopic (exact) mass is 780 g/mol. The predicted molar refractivity (Wildman–Crippen MR) is 252 cm³/mol. The first-order valence-electron chi connectivity index (χ1n) is 19.2. The van der Waals surface area contributed by atoms with E-state index in [0.29, 0.717) is 0 Å². The second-order valence-electron chi connectivity index (χ2n) is 14.5. The minimum absolute atomic E-state index is 1.11. The highest BCUT2D eigenvalue weighted by atomic mass is 32.1. The molecule has 0 N–H and O–H groups in total. The van der Waals surface area contributed by atoms with Gasteiger partial charge in [-0.3, -0.25) is 0 Å². The Bertz CT molecular complexity index is 3490. The van der Waals surface area contributed by atoms with Gasteiger partial charge in [0, 0.05) is 68.2 Å². The smallest absolute Gasteiger partial charge is 0.0883 e. The number of hydrogen-bond acceptors (Lipinski definition) is 5. The average molecular weight is 781 g/mol. The third-order valence-corrected chi connectivity index (χ3v) is 14.7. The Labute approximate surface area is 341 Å². The molecule has 0 radical (unpaired) electrons. The van der Waals surface area contributed by atoms with Crippen LogP contribution in [0.25, 0.3) is 71.3 Å². The number of rotatable bonds is 6. The lowest BCUT2D eigenvalue weighted by Crippen LogP contribution is -2.17. The molecule has 9 aromatic carbocycles. The summed E-state index contributed by atoms with van der Waals surface area (Å²) in [6.45, 7) is 0.